The van der Waals surface area contributed by atoms with E-state index in [1.807, 2.05) is 0 Å². The summed E-state index contributed by atoms with van der Waals surface area (Å²) in [6.45, 7) is 8.52. The van der Waals surface area contributed by atoms with E-state index >= 15 is 0 Å². The summed E-state index contributed by atoms with van der Waals surface area (Å²) in [5, 5.41) is 0. The number of carbonyl (C=O) groups is 1. The van der Waals surface area contributed by atoms with Crippen molar-refractivity contribution in [1.82, 2.24) is 4.90 Å². The molecule has 1 aliphatic heterocycles. The number of hydrogen-bond acceptors (Lipinski definition) is 4. The van der Waals surface area contributed by atoms with Gasteiger partial charge in [-0.05, 0) is 70.5 Å². The summed E-state index contributed by atoms with van der Waals surface area (Å²) < 4.78 is 25.3. The van der Waals surface area contributed by atoms with E-state index in [-0.39, 0.29) is 17.2 Å². The molecule has 2 fully saturated rings. The number of benzene rings is 1. The molecule has 1 unspecified atom stereocenters. The van der Waals surface area contributed by atoms with Crippen molar-refractivity contribution in [1.29, 1.82) is 0 Å². The third-order valence-corrected chi connectivity index (χ3v) is 5.14. The fraction of sp³-hybridized carbons (Fsp3) is 0.650. The maximum absolute atomic E-state index is 14.4. The van der Waals surface area contributed by atoms with E-state index in [4.69, 9.17) is 4.74 Å². The highest BCUT2D eigenvalue weighted by Crippen LogP contribution is 2.45. The van der Waals surface area contributed by atoms with E-state index in [0.29, 0.717) is 11.7 Å². The molecule has 1 saturated heterocycles. The monoisotopic (exact) mass is 349 g/mol. The molecule has 1 atom stereocenters. The number of nitrogens with zero attached hydrogens (tertiary/aromatic N) is 1. The van der Waals surface area contributed by atoms with Crippen LogP contribution in [0.3, 0.4) is 0 Å². The number of hydrogen-bond donors (Lipinski definition) is 0. The van der Waals surface area contributed by atoms with Gasteiger partial charge in [0, 0.05) is 18.2 Å². The van der Waals surface area contributed by atoms with Gasteiger partial charge in [-0.1, -0.05) is 0 Å². The maximum atomic E-state index is 14.4. The molecule has 0 radical (unpaired) electrons. The minimum absolute atomic E-state index is 0.00304. The Morgan fingerprint density at radius 3 is 2.56 bits per heavy atom. The number of rotatable bonds is 4. The second-order valence-electron chi connectivity index (χ2n) is 8.13. The maximum Gasteiger partial charge on any atom is 0.340 e. The molecule has 4 nitrogen and oxygen atoms in total. The Kier molecular flexibility index (Phi) is 5.05. The smallest absolute Gasteiger partial charge is 0.340 e. The quantitative estimate of drug-likeness (QED) is 0.766. The number of halogens is 1. The second kappa shape index (κ2) is 6.94. The van der Waals surface area contributed by atoms with Gasteiger partial charge in [0.15, 0.2) is 0 Å². The van der Waals surface area contributed by atoms with Crippen LogP contribution >= 0.6 is 0 Å². The first-order valence-corrected chi connectivity index (χ1v) is 9.13. The fourth-order valence-electron chi connectivity index (χ4n) is 3.48. The minimum Gasteiger partial charge on any atom is -0.489 e. The van der Waals surface area contributed by atoms with Crippen molar-refractivity contribution in [2.75, 3.05) is 20.2 Å². The zero-order valence-corrected chi connectivity index (χ0v) is 15.6. The van der Waals surface area contributed by atoms with Crippen LogP contribution in [-0.2, 0) is 4.74 Å². The molecule has 3 rings (SSSR count). The molecule has 2 aliphatic rings. The summed E-state index contributed by atoms with van der Waals surface area (Å²) in [6, 6.07) is 2.99. The molecule has 1 saturated carbocycles. The zero-order valence-electron chi connectivity index (χ0n) is 15.6. The number of ether oxygens (including phenoxy) is 2. The van der Waals surface area contributed by atoms with Gasteiger partial charge in [-0.2, -0.15) is 0 Å². The molecule has 25 heavy (non-hydrogen) atoms. The van der Waals surface area contributed by atoms with Crippen LogP contribution < -0.4 is 4.74 Å². The van der Waals surface area contributed by atoms with Crippen LogP contribution in [0.25, 0.3) is 0 Å². The van der Waals surface area contributed by atoms with E-state index < -0.39 is 11.8 Å². The van der Waals surface area contributed by atoms with Crippen LogP contribution in [-0.4, -0.2) is 42.7 Å². The lowest BCUT2D eigenvalue weighted by Gasteiger charge is -2.41. The number of methoxy groups -OCH3 is 1. The van der Waals surface area contributed by atoms with E-state index in [9.17, 15) is 9.18 Å². The summed E-state index contributed by atoms with van der Waals surface area (Å²) in [6.07, 6.45) is 4.21. The molecular weight excluding hydrogens is 321 g/mol. The Bertz CT molecular complexity index is 649. The number of carbonyl (C=O) groups excluding carboxylic acids is 1. The molecule has 1 aromatic carbocycles. The van der Waals surface area contributed by atoms with Crippen LogP contribution in [0.4, 0.5) is 4.39 Å². The molecule has 0 N–H and O–H groups in total. The van der Waals surface area contributed by atoms with Gasteiger partial charge in [0.1, 0.15) is 17.7 Å². The standard InChI is InChI=1S/C20H28FNO3/c1-20(2,3)22-9-5-6-14(12-22)25-18-11-17(21)16(19(23)24-4)10-15(18)13-7-8-13/h10-11,13-14H,5-9,12H2,1-4H3. The van der Waals surface area contributed by atoms with Crippen LogP contribution in [0.2, 0.25) is 0 Å². The van der Waals surface area contributed by atoms with Crippen molar-refractivity contribution >= 4 is 5.97 Å². The highest BCUT2D eigenvalue weighted by molar-refractivity contribution is 5.90. The molecule has 0 spiro atoms. The van der Waals surface area contributed by atoms with Gasteiger partial charge in [0.05, 0.1) is 12.7 Å². The topological polar surface area (TPSA) is 38.8 Å². The average Bonchev–Trinajstić information content (AvgIpc) is 3.39. The summed E-state index contributed by atoms with van der Waals surface area (Å²) in [4.78, 5) is 14.2. The molecule has 1 aromatic rings. The summed E-state index contributed by atoms with van der Waals surface area (Å²) in [5.41, 5.74) is 1.04. The van der Waals surface area contributed by atoms with Crippen LogP contribution in [0.5, 0.6) is 5.75 Å². The Morgan fingerprint density at radius 1 is 1.24 bits per heavy atom. The van der Waals surface area contributed by atoms with E-state index in [1.165, 1.54) is 13.2 Å². The van der Waals surface area contributed by atoms with Gasteiger partial charge < -0.3 is 9.47 Å². The SMILES string of the molecule is COC(=O)c1cc(C2CC2)c(OC2CCCN(C(C)(C)C)C2)cc1F. The van der Waals surface area contributed by atoms with Crippen molar-refractivity contribution in [3.8, 4) is 5.75 Å². The largest absolute Gasteiger partial charge is 0.489 e. The highest BCUT2D eigenvalue weighted by atomic mass is 19.1. The number of likely N-dealkylation sites (tertiary alicyclic amines) is 1. The van der Waals surface area contributed by atoms with Crippen LogP contribution in [0.15, 0.2) is 12.1 Å². The van der Waals surface area contributed by atoms with Gasteiger partial charge in [0.2, 0.25) is 0 Å². The lowest BCUT2D eigenvalue weighted by Crippen LogP contribution is -2.50. The average molecular weight is 349 g/mol. The Morgan fingerprint density at radius 2 is 1.96 bits per heavy atom. The van der Waals surface area contributed by atoms with E-state index in [0.717, 1.165) is 44.3 Å². The lowest BCUT2D eigenvalue weighted by molar-refractivity contribution is 0.0340. The van der Waals surface area contributed by atoms with Gasteiger partial charge >= 0.3 is 5.97 Å². The molecule has 5 heteroatoms. The molecular formula is C20H28FNO3. The zero-order chi connectivity index (χ0) is 18.2. The Labute approximate surface area is 149 Å². The first-order valence-electron chi connectivity index (χ1n) is 9.13. The third kappa shape index (κ3) is 4.14. The summed E-state index contributed by atoms with van der Waals surface area (Å²) >= 11 is 0. The van der Waals surface area contributed by atoms with Gasteiger partial charge in [-0.3, -0.25) is 4.90 Å². The number of esters is 1. The first kappa shape index (κ1) is 18.2. The second-order valence-corrected chi connectivity index (χ2v) is 8.13. The van der Waals surface area contributed by atoms with Crippen LogP contribution in [0.1, 0.15) is 68.3 Å². The Hall–Kier alpha value is -1.62. The van der Waals surface area contributed by atoms with Crippen molar-refractivity contribution in [3.63, 3.8) is 0 Å². The predicted molar refractivity (Wildman–Crippen MR) is 94.7 cm³/mol. The lowest BCUT2D eigenvalue weighted by atomic mass is 9.99. The highest BCUT2D eigenvalue weighted by Gasteiger charge is 2.33. The molecule has 1 aliphatic carbocycles. The van der Waals surface area contributed by atoms with Crippen LogP contribution in [0, 0.1) is 5.82 Å². The normalized spacial score (nSPS) is 21.9. The van der Waals surface area contributed by atoms with E-state index in [1.54, 1.807) is 6.07 Å². The van der Waals surface area contributed by atoms with Crippen molar-refractivity contribution < 1.29 is 18.7 Å². The van der Waals surface area contributed by atoms with E-state index in [2.05, 4.69) is 30.4 Å². The third-order valence-electron chi connectivity index (χ3n) is 5.14. The van der Waals surface area contributed by atoms with Gasteiger partial charge in [0.25, 0.3) is 0 Å². The van der Waals surface area contributed by atoms with Crippen molar-refractivity contribution in [2.45, 2.75) is 64.0 Å². The Balaban J connectivity index is 1.82. The summed E-state index contributed by atoms with van der Waals surface area (Å²) in [5.74, 6) is -0.257. The predicted octanol–water partition coefficient (Wildman–Crippen LogP) is 4.13. The molecule has 1 heterocycles. The number of piperidine rings is 1. The first-order chi connectivity index (χ1) is 11.8. The molecule has 138 valence electrons. The summed E-state index contributed by atoms with van der Waals surface area (Å²) in [7, 11) is 1.27. The van der Waals surface area contributed by atoms with Gasteiger partial charge in [-0.25, -0.2) is 9.18 Å². The fourth-order valence-corrected chi connectivity index (χ4v) is 3.48. The van der Waals surface area contributed by atoms with Crippen molar-refractivity contribution in [3.05, 3.63) is 29.1 Å². The molecule has 0 bridgehead atoms. The minimum atomic E-state index is -0.637. The van der Waals surface area contributed by atoms with Gasteiger partial charge in [-0.15, -0.1) is 0 Å². The van der Waals surface area contributed by atoms with Crippen molar-refractivity contribution in [2.24, 2.45) is 0 Å². The molecule has 0 amide bonds. The molecule has 0 aromatic heterocycles.